The van der Waals surface area contributed by atoms with E-state index < -0.39 is 0 Å². The van der Waals surface area contributed by atoms with E-state index in [9.17, 15) is 4.39 Å². The number of anilines is 1. The molecule has 2 N–H and O–H groups in total. The van der Waals surface area contributed by atoms with E-state index in [4.69, 9.17) is 5.73 Å². The Labute approximate surface area is 112 Å². The second-order valence-corrected chi connectivity index (χ2v) is 4.15. The fourth-order valence-corrected chi connectivity index (χ4v) is 2.14. The Kier molecular flexibility index (Phi) is 4.41. The van der Waals surface area contributed by atoms with Crippen LogP contribution in [0.3, 0.4) is 0 Å². The first-order valence-corrected chi connectivity index (χ1v) is 6.24. The first-order chi connectivity index (χ1) is 9.26. The number of nitrogens with zero attached hydrogens (tertiary/aromatic N) is 3. The van der Waals surface area contributed by atoms with Crippen LogP contribution in [0.1, 0.15) is 18.7 Å². The summed E-state index contributed by atoms with van der Waals surface area (Å²) in [6, 6.07) is 8.25. The van der Waals surface area contributed by atoms with Crippen LogP contribution < -0.4 is 10.6 Å². The van der Waals surface area contributed by atoms with E-state index in [1.165, 1.54) is 18.5 Å². The molecule has 1 unspecified atom stereocenters. The summed E-state index contributed by atoms with van der Waals surface area (Å²) < 4.78 is 13.4. The van der Waals surface area contributed by atoms with E-state index in [1.807, 2.05) is 24.0 Å². The highest BCUT2D eigenvalue weighted by Crippen LogP contribution is 2.25. The topological polar surface area (TPSA) is 55.0 Å². The van der Waals surface area contributed by atoms with Crippen molar-refractivity contribution >= 4 is 5.69 Å². The third kappa shape index (κ3) is 3.06. The quantitative estimate of drug-likeness (QED) is 0.895. The van der Waals surface area contributed by atoms with Crippen molar-refractivity contribution < 1.29 is 4.39 Å². The Morgan fingerprint density at radius 1 is 1.37 bits per heavy atom. The Bertz CT molecular complexity index is 518. The standard InChI is InChI=1S/C14H17FN4/c1-2-19(12-5-3-4-11(15)8-12)14(9-16)13-6-7-17-10-18-13/h3-8,10,14H,2,9,16H2,1H3. The van der Waals surface area contributed by atoms with Gasteiger partial charge in [-0.05, 0) is 31.2 Å². The Morgan fingerprint density at radius 2 is 2.21 bits per heavy atom. The summed E-state index contributed by atoms with van der Waals surface area (Å²) in [5.41, 5.74) is 7.50. The van der Waals surface area contributed by atoms with Gasteiger partial charge in [0.25, 0.3) is 0 Å². The molecule has 0 amide bonds. The maximum absolute atomic E-state index is 13.4. The zero-order valence-electron chi connectivity index (χ0n) is 10.8. The maximum Gasteiger partial charge on any atom is 0.125 e. The van der Waals surface area contributed by atoms with Gasteiger partial charge in [0, 0.05) is 25.0 Å². The molecule has 4 nitrogen and oxygen atoms in total. The van der Waals surface area contributed by atoms with Crippen LogP contribution >= 0.6 is 0 Å². The van der Waals surface area contributed by atoms with Crippen LogP contribution in [0.25, 0.3) is 0 Å². The van der Waals surface area contributed by atoms with Gasteiger partial charge in [0.15, 0.2) is 0 Å². The third-order valence-corrected chi connectivity index (χ3v) is 3.03. The largest absolute Gasteiger partial charge is 0.362 e. The molecule has 0 spiro atoms. The highest BCUT2D eigenvalue weighted by atomic mass is 19.1. The molecule has 2 aromatic rings. The molecule has 0 aliphatic carbocycles. The van der Waals surface area contributed by atoms with Crippen LogP contribution in [-0.4, -0.2) is 23.1 Å². The summed E-state index contributed by atoms with van der Waals surface area (Å²) in [5.74, 6) is -0.255. The zero-order chi connectivity index (χ0) is 13.7. The molecule has 19 heavy (non-hydrogen) atoms. The summed E-state index contributed by atoms with van der Waals surface area (Å²) in [5, 5.41) is 0. The minimum Gasteiger partial charge on any atom is -0.362 e. The summed E-state index contributed by atoms with van der Waals surface area (Å²) in [6.07, 6.45) is 3.18. The van der Waals surface area contributed by atoms with Gasteiger partial charge in [-0.1, -0.05) is 6.07 Å². The molecule has 2 rings (SSSR count). The van der Waals surface area contributed by atoms with Gasteiger partial charge in [-0.3, -0.25) is 0 Å². The summed E-state index contributed by atoms with van der Waals surface area (Å²) >= 11 is 0. The third-order valence-electron chi connectivity index (χ3n) is 3.03. The predicted molar refractivity (Wildman–Crippen MR) is 73.2 cm³/mol. The summed E-state index contributed by atoms with van der Waals surface area (Å²) in [7, 11) is 0. The molecular weight excluding hydrogens is 243 g/mol. The number of nitrogens with two attached hydrogens (primary N) is 1. The molecule has 0 bridgehead atoms. The molecule has 1 aromatic heterocycles. The van der Waals surface area contributed by atoms with E-state index in [2.05, 4.69) is 9.97 Å². The number of benzene rings is 1. The monoisotopic (exact) mass is 260 g/mol. The number of likely N-dealkylation sites (N-methyl/N-ethyl adjacent to an activating group) is 1. The fourth-order valence-electron chi connectivity index (χ4n) is 2.14. The Hall–Kier alpha value is -2.01. The van der Waals surface area contributed by atoms with Gasteiger partial charge < -0.3 is 10.6 Å². The van der Waals surface area contributed by atoms with Gasteiger partial charge in [0.05, 0.1) is 11.7 Å². The molecule has 0 radical (unpaired) electrons. The number of rotatable bonds is 5. The van der Waals surface area contributed by atoms with Gasteiger partial charge in [0.1, 0.15) is 12.1 Å². The smallest absolute Gasteiger partial charge is 0.125 e. The van der Waals surface area contributed by atoms with E-state index in [0.717, 1.165) is 17.9 Å². The molecule has 100 valence electrons. The lowest BCUT2D eigenvalue weighted by atomic mass is 10.1. The van der Waals surface area contributed by atoms with Crippen LogP contribution in [0.4, 0.5) is 10.1 Å². The summed E-state index contributed by atoms with van der Waals surface area (Å²) in [4.78, 5) is 10.2. The highest BCUT2D eigenvalue weighted by molar-refractivity contribution is 5.48. The number of hydrogen-bond donors (Lipinski definition) is 1. The van der Waals surface area contributed by atoms with Gasteiger partial charge in [-0.15, -0.1) is 0 Å². The molecule has 1 atom stereocenters. The number of halogens is 1. The first kappa shape index (κ1) is 13.4. The molecule has 0 aliphatic heterocycles. The van der Waals surface area contributed by atoms with Crippen molar-refractivity contribution in [1.82, 2.24) is 9.97 Å². The van der Waals surface area contributed by atoms with Crippen molar-refractivity contribution in [2.45, 2.75) is 13.0 Å². The van der Waals surface area contributed by atoms with Crippen molar-refractivity contribution in [3.63, 3.8) is 0 Å². The van der Waals surface area contributed by atoms with Crippen molar-refractivity contribution in [3.8, 4) is 0 Å². The normalized spacial score (nSPS) is 12.2. The van der Waals surface area contributed by atoms with Gasteiger partial charge in [-0.25, -0.2) is 14.4 Å². The molecule has 5 heteroatoms. The van der Waals surface area contributed by atoms with Crippen LogP contribution in [-0.2, 0) is 0 Å². The van der Waals surface area contributed by atoms with Gasteiger partial charge in [-0.2, -0.15) is 0 Å². The molecule has 0 saturated heterocycles. The van der Waals surface area contributed by atoms with Gasteiger partial charge >= 0.3 is 0 Å². The Morgan fingerprint density at radius 3 is 2.79 bits per heavy atom. The van der Waals surface area contributed by atoms with Crippen molar-refractivity contribution in [2.75, 3.05) is 18.0 Å². The minimum absolute atomic E-state index is 0.0881. The lowest BCUT2D eigenvalue weighted by Gasteiger charge is -2.31. The number of aromatic nitrogens is 2. The number of hydrogen-bond acceptors (Lipinski definition) is 4. The fraction of sp³-hybridized carbons (Fsp3) is 0.286. The lowest BCUT2D eigenvalue weighted by Crippen LogP contribution is -2.34. The maximum atomic E-state index is 13.4. The highest BCUT2D eigenvalue weighted by Gasteiger charge is 2.19. The summed E-state index contributed by atoms with van der Waals surface area (Å²) in [6.45, 7) is 3.13. The van der Waals surface area contributed by atoms with Crippen LogP contribution in [0.2, 0.25) is 0 Å². The lowest BCUT2D eigenvalue weighted by molar-refractivity contribution is 0.609. The van der Waals surface area contributed by atoms with Crippen molar-refractivity contribution in [3.05, 3.63) is 54.4 Å². The minimum atomic E-state index is -0.255. The molecule has 0 saturated carbocycles. The average Bonchev–Trinajstić information content (AvgIpc) is 2.45. The van der Waals surface area contributed by atoms with E-state index in [-0.39, 0.29) is 11.9 Å². The molecular formula is C14H17FN4. The second-order valence-electron chi connectivity index (χ2n) is 4.15. The SMILES string of the molecule is CCN(c1cccc(F)c1)C(CN)c1ccncn1. The molecule has 0 fully saturated rings. The van der Waals surface area contributed by atoms with Crippen LogP contribution in [0, 0.1) is 5.82 Å². The van der Waals surface area contributed by atoms with Crippen LogP contribution in [0.15, 0.2) is 42.9 Å². The van der Waals surface area contributed by atoms with E-state index >= 15 is 0 Å². The average molecular weight is 260 g/mol. The van der Waals surface area contributed by atoms with Crippen LogP contribution in [0.5, 0.6) is 0 Å². The van der Waals surface area contributed by atoms with Crippen molar-refractivity contribution in [1.29, 1.82) is 0 Å². The molecule has 1 aromatic carbocycles. The second kappa shape index (κ2) is 6.24. The Balaban J connectivity index is 2.34. The first-order valence-electron chi connectivity index (χ1n) is 6.24. The zero-order valence-corrected chi connectivity index (χ0v) is 10.8. The van der Waals surface area contributed by atoms with Crippen molar-refractivity contribution in [2.24, 2.45) is 5.73 Å². The van der Waals surface area contributed by atoms with E-state index in [1.54, 1.807) is 12.3 Å². The van der Waals surface area contributed by atoms with Gasteiger partial charge in [0.2, 0.25) is 0 Å². The van der Waals surface area contributed by atoms with E-state index in [0.29, 0.717) is 6.54 Å². The molecule has 0 aliphatic rings. The molecule has 1 heterocycles. The predicted octanol–water partition coefficient (Wildman–Crippen LogP) is 2.14.